The van der Waals surface area contributed by atoms with E-state index in [0.29, 0.717) is 17.0 Å². The van der Waals surface area contributed by atoms with Crippen molar-refractivity contribution >= 4 is 17.3 Å². The molecule has 1 N–H and O–H groups in total. The smallest absolute Gasteiger partial charge is 0.272 e. The molecule has 2 rings (SSSR count). The molecule has 1 aliphatic carbocycles. The molecule has 116 valence electrons. The van der Waals surface area contributed by atoms with Crippen LogP contribution >= 0.6 is 11.6 Å². The van der Waals surface area contributed by atoms with Crippen LogP contribution in [0.2, 0.25) is 5.02 Å². The monoisotopic (exact) mass is 310 g/mol. The average Bonchev–Trinajstić information content (AvgIpc) is 2.46. The summed E-state index contributed by atoms with van der Waals surface area (Å²) in [4.78, 5) is 10.9. The van der Waals surface area contributed by atoms with E-state index in [2.05, 4.69) is 12.2 Å². The van der Waals surface area contributed by atoms with Gasteiger partial charge in [0.1, 0.15) is 0 Å². The number of nitro benzene ring substituents is 1. The lowest BCUT2D eigenvalue weighted by atomic mass is 9.80. The molecule has 1 fully saturated rings. The summed E-state index contributed by atoms with van der Waals surface area (Å²) in [5.41, 5.74) is 0.960. The third-order valence-electron chi connectivity index (χ3n) is 4.29. The number of nitro groups is 1. The molecule has 0 saturated heterocycles. The molecule has 5 heteroatoms. The van der Waals surface area contributed by atoms with Gasteiger partial charge >= 0.3 is 0 Å². The molecule has 0 bridgehead atoms. The molecule has 0 heterocycles. The second kappa shape index (κ2) is 7.76. The van der Waals surface area contributed by atoms with Crippen molar-refractivity contribution in [2.45, 2.75) is 51.5 Å². The number of hydrogen-bond donors (Lipinski definition) is 1. The molecule has 21 heavy (non-hydrogen) atoms. The molecule has 0 amide bonds. The van der Waals surface area contributed by atoms with E-state index in [9.17, 15) is 10.1 Å². The molecule has 1 aromatic rings. The molecule has 0 aliphatic heterocycles. The fourth-order valence-corrected chi connectivity index (χ4v) is 3.42. The number of halogens is 1. The molecule has 2 unspecified atom stereocenters. The standard InChI is InChI=1S/C16H23ClN2O2/c1-2-9-18-15-6-4-3-5-12(15)10-13-11-14(17)7-8-16(13)19(20)21/h7-8,11-12,15,18H,2-6,9-10H2,1H3. The number of benzene rings is 1. The average molecular weight is 311 g/mol. The predicted octanol–water partition coefficient (Wildman–Crippen LogP) is 4.35. The molecule has 2 atom stereocenters. The zero-order valence-electron chi connectivity index (χ0n) is 12.5. The van der Waals surface area contributed by atoms with Crippen molar-refractivity contribution in [1.29, 1.82) is 0 Å². The van der Waals surface area contributed by atoms with Crippen molar-refractivity contribution in [2.75, 3.05) is 6.54 Å². The van der Waals surface area contributed by atoms with E-state index in [1.807, 2.05) is 0 Å². The van der Waals surface area contributed by atoms with E-state index in [4.69, 9.17) is 11.6 Å². The van der Waals surface area contributed by atoms with Gasteiger partial charge in [-0.15, -0.1) is 0 Å². The van der Waals surface area contributed by atoms with Gasteiger partial charge in [-0.3, -0.25) is 10.1 Å². The predicted molar refractivity (Wildman–Crippen MR) is 85.9 cm³/mol. The lowest BCUT2D eigenvalue weighted by Crippen LogP contribution is -2.39. The van der Waals surface area contributed by atoms with Crippen LogP contribution in [-0.4, -0.2) is 17.5 Å². The largest absolute Gasteiger partial charge is 0.314 e. The van der Waals surface area contributed by atoms with E-state index in [1.165, 1.54) is 25.3 Å². The molecule has 0 aromatic heterocycles. The van der Waals surface area contributed by atoms with Crippen LogP contribution in [0.4, 0.5) is 5.69 Å². The van der Waals surface area contributed by atoms with E-state index in [1.54, 1.807) is 12.1 Å². The van der Waals surface area contributed by atoms with Crippen LogP contribution in [0.1, 0.15) is 44.6 Å². The summed E-state index contributed by atoms with van der Waals surface area (Å²) in [6, 6.07) is 5.34. The van der Waals surface area contributed by atoms with Gasteiger partial charge in [0.2, 0.25) is 0 Å². The van der Waals surface area contributed by atoms with Crippen LogP contribution < -0.4 is 5.32 Å². The van der Waals surface area contributed by atoms with Gasteiger partial charge in [-0.1, -0.05) is 31.4 Å². The van der Waals surface area contributed by atoms with E-state index >= 15 is 0 Å². The van der Waals surface area contributed by atoms with Gasteiger partial charge in [-0.05, 0) is 50.3 Å². The first-order valence-electron chi connectivity index (χ1n) is 7.78. The molecular weight excluding hydrogens is 288 g/mol. The molecule has 1 saturated carbocycles. The highest BCUT2D eigenvalue weighted by molar-refractivity contribution is 6.30. The summed E-state index contributed by atoms with van der Waals surface area (Å²) in [5.74, 6) is 0.461. The Labute approximate surface area is 131 Å². The number of hydrogen-bond acceptors (Lipinski definition) is 3. The summed E-state index contributed by atoms with van der Waals surface area (Å²) in [7, 11) is 0. The van der Waals surface area contributed by atoms with Gasteiger partial charge in [-0.2, -0.15) is 0 Å². The van der Waals surface area contributed by atoms with Gasteiger partial charge in [0, 0.05) is 22.7 Å². The maximum absolute atomic E-state index is 11.2. The van der Waals surface area contributed by atoms with Gasteiger partial charge in [0.05, 0.1) is 4.92 Å². The zero-order valence-corrected chi connectivity index (χ0v) is 13.2. The van der Waals surface area contributed by atoms with Crippen LogP contribution in [-0.2, 0) is 6.42 Å². The highest BCUT2D eigenvalue weighted by atomic mass is 35.5. The van der Waals surface area contributed by atoms with Crippen molar-refractivity contribution in [2.24, 2.45) is 5.92 Å². The van der Waals surface area contributed by atoms with Crippen molar-refractivity contribution in [3.05, 3.63) is 38.9 Å². The summed E-state index contributed by atoms with van der Waals surface area (Å²) >= 11 is 6.02. The summed E-state index contributed by atoms with van der Waals surface area (Å²) in [6.45, 7) is 3.17. The molecular formula is C16H23ClN2O2. The van der Waals surface area contributed by atoms with Gasteiger partial charge < -0.3 is 5.32 Å². The highest BCUT2D eigenvalue weighted by Gasteiger charge is 2.27. The summed E-state index contributed by atoms with van der Waals surface area (Å²) in [5, 5.41) is 15.4. The molecule has 1 aromatic carbocycles. The Morgan fingerprint density at radius 1 is 1.38 bits per heavy atom. The number of rotatable bonds is 6. The van der Waals surface area contributed by atoms with Gasteiger partial charge in [-0.25, -0.2) is 0 Å². The van der Waals surface area contributed by atoms with Crippen molar-refractivity contribution in [1.82, 2.24) is 5.32 Å². The third-order valence-corrected chi connectivity index (χ3v) is 4.52. The Hall–Kier alpha value is -1.13. The van der Waals surface area contributed by atoms with Crippen LogP contribution in [0.15, 0.2) is 18.2 Å². The minimum atomic E-state index is -0.303. The first-order chi connectivity index (χ1) is 10.1. The van der Waals surface area contributed by atoms with Crippen LogP contribution in [0, 0.1) is 16.0 Å². The Kier molecular flexibility index (Phi) is 6.00. The molecule has 1 aliphatic rings. The van der Waals surface area contributed by atoms with Crippen molar-refractivity contribution in [3.63, 3.8) is 0 Å². The molecule has 0 spiro atoms. The molecule has 0 radical (unpaired) electrons. The zero-order chi connectivity index (χ0) is 15.2. The van der Waals surface area contributed by atoms with Crippen LogP contribution in [0.25, 0.3) is 0 Å². The Balaban J connectivity index is 2.14. The Morgan fingerprint density at radius 2 is 2.14 bits per heavy atom. The SMILES string of the molecule is CCCNC1CCCCC1Cc1cc(Cl)ccc1[N+](=O)[O-]. The lowest BCUT2D eigenvalue weighted by molar-refractivity contribution is -0.385. The number of nitrogens with zero attached hydrogens (tertiary/aromatic N) is 1. The molecule has 4 nitrogen and oxygen atoms in total. The second-order valence-corrected chi connectivity index (χ2v) is 6.28. The fraction of sp³-hybridized carbons (Fsp3) is 0.625. The topological polar surface area (TPSA) is 55.2 Å². The number of nitrogens with one attached hydrogen (secondary N) is 1. The first-order valence-corrected chi connectivity index (χ1v) is 8.15. The van der Waals surface area contributed by atoms with E-state index < -0.39 is 0 Å². The summed E-state index contributed by atoms with van der Waals surface area (Å²) in [6.07, 6.45) is 6.60. The van der Waals surface area contributed by atoms with E-state index in [0.717, 1.165) is 31.4 Å². The second-order valence-electron chi connectivity index (χ2n) is 5.84. The first kappa shape index (κ1) is 16.2. The quantitative estimate of drug-likeness (QED) is 0.628. The fourth-order valence-electron chi connectivity index (χ4n) is 3.23. The minimum Gasteiger partial charge on any atom is -0.314 e. The maximum atomic E-state index is 11.2. The summed E-state index contributed by atoms with van der Waals surface area (Å²) < 4.78 is 0. The highest BCUT2D eigenvalue weighted by Crippen LogP contribution is 2.32. The third kappa shape index (κ3) is 4.42. The van der Waals surface area contributed by atoms with Gasteiger partial charge in [0.25, 0.3) is 5.69 Å². The van der Waals surface area contributed by atoms with Crippen LogP contribution in [0.5, 0.6) is 0 Å². The Morgan fingerprint density at radius 3 is 2.86 bits per heavy atom. The Bertz CT molecular complexity index is 493. The van der Waals surface area contributed by atoms with Crippen molar-refractivity contribution < 1.29 is 4.92 Å². The lowest BCUT2D eigenvalue weighted by Gasteiger charge is -2.32. The minimum absolute atomic E-state index is 0.194. The normalized spacial score (nSPS) is 22.2. The van der Waals surface area contributed by atoms with Crippen LogP contribution in [0.3, 0.4) is 0 Å². The van der Waals surface area contributed by atoms with Gasteiger partial charge in [0.15, 0.2) is 0 Å². The van der Waals surface area contributed by atoms with Crippen molar-refractivity contribution in [3.8, 4) is 0 Å². The maximum Gasteiger partial charge on any atom is 0.272 e. The van der Waals surface area contributed by atoms with E-state index in [-0.39, 0.29) is 10.6 Å².